The molecule has 0 radical (unpaired) electrons. The molecule has 2 N–H and O–H groups in total. The van der Waals surface area contributed by atoms with Gasteiger partial charge in [0.2, 0.25) is 0 Å². The van der Waals surface area contributed by atoms with Crippen molar-refractivity contribution in [2.45, 2.75) is 24.9 Å². The second-order valence-electron chi connectivity index (χ2n) is 4.05. The van der Waals surface area contributed by atoms with E-state index in [1.54, 1.807) is 19.1 Å². The first-order valence-electron chi connectivity index (χ1n) is 4.92. The molecule has 1 heterocycles. The number of carboxylic acids is 1. The van der Waals surface area contributed by atoms with Gasteiger partial charge in [-0.3, -0.25) is 14.9 Å². The van der Waals surface area contributed by atoms with E-state index < -0.39 is 17.6 Å². The van der Waals surface area contributed by atoms with E-state index >= 15 is 0 Å². The van der Waals surface area contributed by atoms with Gasteiger partial charge in [0.05, 0.1) is 5.54 Å². The van der Waals surface area contributed by atoms with E-state index in [2.05, 4.69) is 11.9 Å². The molecule has 1 aliphatic heterocycles. The van der Waals surface area contributed by atoms with Crippen LogP contribution in [0.4, 0.5) is 0 Å². The normalized spacial score (nSPS) is 38.7. The van der Waals surface area contributed by atoms with E-state index in [-0.39, 0.29) is 11.7 Å². The molecule has 1 fully saturated rings. The predicted molar refractivity (Wildman–Crippen MR) is 54.4 cm³/mol. The van der Waals surface area contributed by atoms with Crippen LogP contribution < -0.4 is 5.32 Å². The standard InChI is InChI=1S/C11H13NO3/c1-3-11-6(2)9(13)7(11)4-5-8(12-11)10(14)15/h3-4,6,8,12H,1,5H2,2H3,(H,14,15). The van der Waals surface area contributed by atoms with Crippen molar-refractivity contribution in [1.82, 2.24) is 5.32 Å². The summed E-state index contributed by atoms with van der Waals surface area (Å²) in [5, 5.41) is 11.9. The van der Waals surface area contributed by atoms with Crippen molar-refractivity contribution >= 4 is 11.8 Å². The number of hydrogen-bond acceptors (Lipinski definition) is 3. The smallest absolute Gasteiger partial charge is 0.321 e. The lowest BCUT2D eigenvalue weighted by Crippen LogP contribution is -2.68. The molecule has 1 saturated carbocycles. The molecular weight excluding hydrogens is 194 g/mol. The minimum atomic E-state index is -0.891. The van der Waals surface area contributed by atoms with Gasteiger partial charge in [0.1, 0.15) is 6.04 Å². The average Bonchev–Trinajstić information content (AvgIpc) is 2.26. The molecule has 0 aromatic heterocycles. The second-order valence-corrected chi connectivity index (χ2v) is 4.05. The number of aliphatic carboxylic acids is 1. The van der Waals surface area contributed by atoms with Gasteiger partial charge < -0.3 is 5.11 Å². The number of hydrogen-bond donors (Lipinski definition) is 2. The predicted octanol–water partition coefficient (Wildman–Crippen LogP) is 0.503. The molecule has 3 unspecified atom stereocenters. The van der Waals surface area contributed by atoms with Gasteiger partial charge in [0, 0.05) is 11.5 Å². The first-order chi connectivity index (χ1) is 7.03. The first-order valence-corrected chi connectivity index (χ1v) is 4.92. The Morgan fingerprint density at radius 2 is 2.47 bits per heavy atom. The van der Waals surface area contributed by atoms with Gasteiger partial charge in [-0.1, -0.05) is 19.1 Å². The lowest BCUT2D eigenvalue weighted by atomic mass is 9.60. The van der Waals surface area contributed by atoms with Gasteiger partial charge in [0.15, 0.2) is 5.78 Å². The van der Waals surface area contributed by atoms with Crippen molar-refractivity contribution < 1.29 is 14.7 Å². The molecule has 0 saturated heterocycles. The summed E-state index contributed by atoms with van der Waals surface area (Å²) in [5.41, 5.74) is 0.0563. The Morgan fingerprint density at radius 3 is 3.00 bits per heavy atom. The SMILES string of the molecule is C=CC12NC(C(=O)O)CC=C1C(=O)C2C. The fourth-order valence-corrected chi connectivity index (χ4v) is 2.36. The highest BCUT2D eigenvalue weighted by molar-refractivity contribution is 6.09. The van der Waals surface area contributed by atoms with Crippen molar-refractivity contribution in [2.24, 2.45) is 5.92 Å². The molecule has 0 aromatic carbocycles. The fourth-order valence-electron chi connectivity index (χ4n) is 2.36. The lowest BCUT2D eigenvalue weighted by Gasteiger charge is -2.51. The first kappa shape index (κ1) is 10.1. The summed E-state index contributed by atoms with van der Waals surface area (Å²) in [4.78, 5) is 22.4. The maximum atomic E-state index is 11.5. The van der Waals surface area contributed by atoms with E-state index in [4.69, 9.17) is 5.11 Å². The van der Waals surface area contributed by atoms with Gasteiger partial charge in [-0.15, -0.1) is 6.58 Å². The molecule has 1 aliphatic carbocycles. The summed E-state index contributed by atoms with van der Waals surface area (Å²) in [7, 11) is 0. The van der Waals surface area contributed by atoms with Gasteiger partial charge in [0.25, 0.3) is 0 Å². The molecule has 2 rings (SSSR count). The average molecular weight is 207 g/mol. The van der Waals surface area contributed by atoms with Crippen LogP contribution in [0.5, 0.6) is 0 Å². The summed E-state index contributed by atoms with van der Waals surface area (Å²) >= 11 is 0. The zero-order valence-electron chi connectivity index (χ0n) is 8.49. The van der Waals surface area contributed by atoms with Crippen molar-refractivity contribution in [3.8, 4) is 0 Å². The minimum absolute atomic E-state index is 0.0891. The summed E-state index contributed by atoms with van der Waals surface area (Å²) in [6.45, 7) is 5.48. The third-order valence-corrected chi connectivity index (χ3v) is 3.38. The van der Waals surface area contributed by atoms with Gasteiger partial charge in [-0.05, 0) is 6.42 Å². The molecule has 0 spiro atoms. The zero-order valence-corrected chi connectivity index (χ0v) is 8.49. The van der Waals surface area contributed by atoms with Crippen molar-refractivity contribution in [1.29, 1.82) is 0 Å². The number of fused-ring (bicyclic) bond motifs is 1. The summed E-state index contributed by atoms with van der Waals surface area (Å²) in [5.74, 6) is -1.02. The van der Waals surface area contributed by atoms with Crippen LogP contribution in [-0.2, 0) is 9.59 Å². The number of Topliss-reactive ketones (excluding diaryl/α,β-unsaturated/α-hetero) is 1. The molecule has 0 aromatic rings. The highest BCUT2D eigenvalue weighted by atomic mass is 16.4. The van der Waals surface area contributed by atoms with Crippen LogP contribution in [0.15, 0.2) is 24.3 Å². The highest BCUT2D eigenvalue weighted by Gasteiger charge is 2.56. The van der Waals surface area contributed by atoms with Crippen molar-refractivity contribution in [2.75, 3.05) is 0 Å². The van der Waals surface area contributed by atoms with E-state index in [0.29, 0.717) is 12.0 Å². The number of ketones is 1. The Labute approximate surface area is 87.7 Å². The molecule has 3 atom stereocenters. The van der Waals surface area contributed by atoms with Crippen LogP contribution in [0, 0.1) is 5.92 Å². The van der Waals surface area contributed by atoms with Crippen LogP contribution in [0.25, 0.3) is 0 Å². The Kier molecular flexibility index (Phi) is 2.04. The van der Waals surface area contributed by atoms with E-state index in [1.807, 2.05) is 0 Å². The summed E-state index contributed by atoms with van der Waals surface area (Å²) < 4.78 is 0. The number of rotatable bonds is 2. The maximum absolute atomic E-state index is 11.5. The largest absolute Gasteiger partial charge is 0.480 e. The van der Waals surface area contributed by atoms with Gasteiger partial charge in [-0.2, -0.15) is 0 Å². The number of carboxylic acid groups (broad SMARTS) is 1. The molecule has 80 valence electrons. The maximum Gasteiger partial charge on any atom is 0.321 e. The number of carbonyl (C=O) groups is 2. The minimum Gasteiger partial charge on any atom is -0.480 e. The molecular formula is C11H13NO3. The fraction of sp³-hybridized carbons (Fsp3) is 0.455. The second kappa shape index (κ2) is 3.03. The number of carbonyl (C=O) groups excluding carboxylic acids is 1. The Bertz CT molecular complexity index is 385. The van der Waals surface area contributed by atoms with Crippen molar-refractivity contribution in [3.63, 3.8) is 0 Å². The van der Waals surface area contributed by atoms with Crippen LogP contribution in [0.3, 0.4) is 0 Å². The monoisotopic (exact) mass is 207 g/mol. The van der Waals surface area contributed by atoms with Crippen LogP contribution in [0.1, 0.15) is 13.3 Å². The van der Waals surface area contributed by atoms with E-state index in [9.17, 15) is 9.59 Å². The van der Waals surface area contributed by atoms with Crippen LogP contribution >= 0.6 is 0 Å². The van der Waals surface area contributed by atoms with E-state index in [0.717, 1.165) is 0 Å². The molecule has 2 aliphatic rings. The molecule has 4 heteroatoms. The Balaban J connectivity index is 2.36. The Morgan fingerprint density at radius 1 is 1.80 bits per heavy atom. The van der Waals surface area contributed by atoms with Gasteiger partial charge >= 0.3 is 5.97 Å². The summed E-state index contributed by atoms with van der Waals surface area (Å²) in [6.07, 6.45) is 3.72. The third-order valence-electron chi connectivity index (χ3n) is 3.38. The highest BCUT2D eigenvalue weighted by Crippen LogP contribution is 2.44. The quantitative estimate of drug-likeness (QED) is 0.647. The van der Waals surface area contributed by atoms with E-state index in [1.165, 1.54) is 0 Å². The molecule has 15 heavy (non-hydrogen) atoms. The topological polar surface area (TPSA) is 66.4 Å². The third kappa shape index (κ3) is 1.11. The number of nitrogens with one attached hydrogen (secondary N) is 1. The molecule has 4 nitrogen and oxygen atoms in total. The van der Waals surface area contributed by atoms with Crippen molar-refractivity contribution in [3.05, 3.63) is 24.3 Å². The van der Waals surface area contributed by atoms with Crippen LogP contribution in [-0.4, -0.2) is 28.4 Å². The summed E-state index contributed by atoms with van der Waals surface area (Å²) in [6, 6.07) is -0.623. The van der Waals surface area contributed by atoms with Crippen LogP contribution in [0.2, 0.25) is 0 Å². The van der Waals surface area contributed by atoms with Gasteiger partial charge in [-0.25, -0.2) is 0 Å². The molecule has 0 amide bonds. The molecule has 0 bridgehead atoms. The lowest BCUT2D eigenvalue weighted by molar-refractivity contribution is -0.142. The Hall–Kier alpha value is -1.42. The zero-order chi connectivity index (χ0) is 11.2.